The Morgan fingerprint density at radius 1 is 0.769 bits per heavy atom. The molecule has 0 aliphatic heterocycles. The van der Waals surface area contributed by atoms with Crippen LogP contribution in [-0.4, -0.2) is 47.9 Å². The second kappa shape index (κ2) is 10.7. The van der Waals surface area contributed by atoms with E-state index >= 15 is 0 Å². The van der Waals surface area contributed by atoms with E-state index in [1.807, 2.05) is 3.33 Å². The topological polar surface area (TPSA) is 9.72 Å². The summed E-state index contributed by atoms with van der Waals surface area (Å²) in [6.07, 6.45) is 7.29. The van der Waals surface area contributed by atoms with Crippen LogP contribution in [0, 0.1) is 5.41 Å². The third-order valence-electron chi connectivity index (χ3n) is 5.77. The van der Waals surface area contributed by atoms with Gasteiger partial charge >= 0.3 is 170 Å². The molecule has 1 aliphatic rings. The summed E-state index contributed by atoms with van der Waals surface area (Å²) in [7, 11) is 0. The molecule has 4 heteroatoms. The van der Waals surface area contributed by atoms with Crippen molar-refractivity contribution in [2.45, 2.75) is 75.2 Å². The summed E-state index contributed by atoms with van der Waals surface area (Å²) in [6, 6.07) is 0. The molecular formula is C22H45HfN3. The second-order valence-corrected chi connectivity index (χ2v) is 22.1. The molecule has 0 fully saturated rings. The summed E-state index contributed by atoms with van der Waals surface area (Å²) in [5, 5.41) is 0. The third-order valence-corrected chi connectivity index (χ3v) is 26.9. The van der Waals surface area contributed by atoms with Crippen molar-refractivity contribution in [1.82, 2.24) is 8.66 Å². The molecule has 0 amide bonds. The molecule has 0 heterocycles. The molecule has 0 aromatic heterocycles. The second-order valence-electron chi connectivity index (χ2n) is 8.50. The predicted molar refractivity (Wildman–Crippen MR) is 114 cm³/mol. The SMILES string of the molecule is CC[N](CC)[Hf]([C]1=C(CC(C)(C)C)C=CC1)([N](CC)CC)[N](CC)CC. The first-order valence-corrected chi connectivity index (χ1v) is 17.5. The average molecular weight is 530 g/mol. The molecule has 0 radical (unpaired) electrons. The van der Waals surface area contributed by atoms with Crippen LogP contribution in [0.3, 0.4) is 0 Å². The van der Waals surface area contributed by atoms with E-state index < -0.39 is 20.8 Å². The van der Waals surface area contributed by atoms with E-state index in [1.165, 1.54) is 12.8 Å². The van der Waals surface area contributed by atoms with Gasteiger partial charge in [0.2, 0.25) is 0 Å². The van der Waals surface area contributed by atoms with Crippen LogP contribution in [0.15, 0.2) is 21.1 Å². The normalized spacial score (nSPS) is 16.0. The standard InChI is InChI=1S/C10H15.3C4H10N.Hf/c1-10(2,3)8-9-6-4-5-7-9;3*1-3-5-4-2;/h4,6H,5,8H2,1-3H3;3*3-4H2,1-2H3;/q;3*-1;+3. The van der Waals surface area contributed by atoms with Gasteiger partial charge in [0.05, 0.1) is 0 Å². The monoisotopic (exact) mass is 531 g/mol. The molecule has 1 aliphatic carbocycles. The van der Waals surface area contributed by atoms with Crippen molar-refractivity contribution in [2.24, 2.45) is 5.41 Å². The van der Waals surface area contributed by atoms with E-state index in [4.69, 9.17) is 0 Å². The van der Waals surface area contributed by atoms with Crippen molar-refractivity contribution in [3.8, 4) is 0 Å². The molecule has 0 aromatic carbocycles. The Kier molecular flexibility index (Phi) is 9.97. The molecule has 0 aromatic rings. The summed E-state index contributed by atoms with van der Waals surface area (Å²) in [5.74, 6) is 0. The Bertz CT molecular complexity index is 447. The van der Waals surface area contributed by atoms with E-state index in [1.54, 1.807) is 5.57 Å². The maximum atomic E-state index is 2.91. The molecule has 0 saturated heterocycles. The van der Waals surface area contributed by atoms with Gasteiger partial charge in [-0.15, -0.1) is 0 Å². The number of rotatable bonds is 11. The zero-order valence-electron chi connectivity index (χ0n) is 19.2. The summed E-state index contributed by atoms with van der Waals surface area (Å²) >= 11 is -3.29. The first kappa shape index (κ1) is 24.3. The summed E-state index contributed by atoms with van der Waals surface area (Å²) in [5.41, 5.74) is 2.00. The molecule has 1 rings (SSSR count). The molecule has 152 valence electrons. The Hall–Kier alpha value is 0.230. The van der Waals surface area contributed by atoms with Gasteiger partial charge < -0.3 is 0 Å². The first-order valence-electron chi connectivity index (χ1n) is 10.9. The molecule has 0 spiro atoms. The molecular weight excluding hydrogens is 485 g/mol. The molecule has 0 N–H and O–H groups in total. The molecule has 0 bridgehead atoms. The third kappa shape index (κ3) is 4.98. The first-order chi connectivity index (χ1) is 12.3. The number of hydrogen-bond donors (Lipinski definition) is 0. The Morgan fingerprint density at radius 2 is 1.15 bits per heavy atom. The molecule has 0 saturated carbocycles. The van der Waals surface area contributed by atoms with Crippen LogP contribution in [-0.2, 0) is 20.8 Å². The van der Waals surface area contributed by atoms with Crippen LogP contribution in [0.1, 0.15) is 75.2 Å². The van der Waals surface area contributed by atoms with E-state index in [2.05, 4.69) is 83.1 Å². The Balaban J connectivity index is 3.72. The van der Waals surface area contributed by atoms with Gasteiger partial charge in [0.1, 0.15) is 0 Å². The van der Waals surface area contributed by atoms with Gasteiger partial charge in [-0.1, -0.05) is 0 Å². The van der Waals surface area contributed by atoms with Gasteiger partial charge in [0.25, 0.3) is 0 Å². The minimum absolute atomic E-state index is 0.338. The molecule has 3 nitrogen and oxygen atoms in total. The Labute approximate surface area is 170 Å². The summed E-state index contributed by atoms with van der Waals surface area (Å²) in [4.78, 5) is 0. The van der Waals surface area contributed by atoms with Gasteiger partial charge in [-0.05, 0) is 0 Å². The van der Waals surface area contributed by atoms with Crippen LogP contribution >= 0.6 is 0 Å². The van der Waals surface area contributed by atoms with Crippen molar-refractivity contribution in [1.29, 1.82) is 0 Å². The maximum absolute atomic E-state index is 3.29. The zero-order chi connectivity index (χ0) is 20.0. The van der Waals surface area contributed by atoms with E-state index in [0.717, 1.165) is 39.3 Å². The minimum atomic E-state index is -3.29. The predicted octanol–water partition coefficient (Wildman–Crippen LogP) is 5.56. The molecule has 0 atom stereocenters. The van der Waals surface area contributed by atoms with Crippen molar-refractivity contribution in [3.05, 3.63) is 21.1 Å². The number of nitrogens with zero attached hydrogens (tertiary/aromatic N) is 3. The van der Waals surface area contributed by atoms with Crippen LogP contribution in [0.5, 0.6) is 0 Å². The fourth-order valence-corrected chi connectivity index (χ4v) is 26.3. The fourth-order valence-electron chi connectivity index (χ4n) is 4.81. The van der Waals surface area contributed by atoms with Gasteiger partial charge in [0, 0.05) is 0 Å². The van der Waals surface area contributed by atoms with Crippen molar-refractivity contribution < 1.29 is 20.8 Å². The van der Waals surface area contributed by atoms with E-state index in [0.29, 0.717) is 5.41 Å². The van der Waals surface area contributed by atoms with Crippen molar-refractivity contribution in [2.75, 3.05) is 39.3 Å². The van der Waals surface area contributed by atoms with Gasteiger partial charge in [-0.3, -0.25) is 0 Å². The van der Waals surface area contributed by atoms with E-state index in [9.17, 15) is 0 Å². The van der Waals surface area contributed by atoms with Crippen molar-refractivity contribution >= 4 is 0 Å². The van der Waals surface area contributed by atoms with Crippen molar-refractivity contribution in [3.63, 3.8) is 0 Å². The fraction of sp³-hybridized carbons (Fsp3) is 0.818. The van der Waals surface area contributed by atoms with E-state index in [-0.39, 0.29) is 0 Å². The number of hydrogen-bond acceptors (Lipinski definition) is 3. The summed E-state index contributed by atoms with van der Waals surface area (Å²) in [6.45, 7) is 28.4. The molecule has 26 heavy (non-hydrogen) atoms. The Morgan fingerprint density at radius 3 is 1.46 bits per heavy atom. The quantitative estimate of drug-likeness (QED) is 0.324. The van der Waals surface area contributed by atoms with Gasteiger partial charge in [0.15, 0.2) is 0 Å². The number of allylic oxidation sites excluding steroid dienone is 4. The van der Waals surface area contributed by atoms with Crippen LogP contribution < -0.4 is 0 Å². The average Bonchev–Trinajstić information content (AvgIpc) is 3.03. The zero-order valence-corrected chi connectivity index (χ0v) is 22.7. The van der Waals surface area contributed by atoms with Crippen LogP contribution in [0.2, 0.25) is 0 Å². The van der Waals surface area contributed by atoms with Crippen LogP contribution in [0.4, 0.5) is 0 Å². The van der Waals surface area contributed by atoms with Gasteiger partial charge in [-0.25, -0.2) is 0 Å². The molecule has 0 unspecified atom stereocenters. The van der Waals surface area contributed by atoms with Gasteiger partial charge in [-0.2, -0.15) is 0 Å². The van der Waals surface area contributed by atoms with Crippen LogP contribution in [0.25, 0.3) is 0 Å². The summed E-state index contributed by atoms with van der Waals surface area (Å²) < 4.78 is 10.6.